The van der Waals surface area contributed by atoms with Gasteiger partial charge in [0.25, 0.3) is 0 Å². The Hall–Kier alpha value is -2.99. The van der Waals surface area contributed by atoms with E-state index in [0.29, 0.717) is 18.8 Å². The number of carbonyl (C=O) groups is 1. The van der Waals surface area contributed by atoms with Crippen molar-refractivity contribution in [1.29, 1.82) is 0 Å². The van der Waals surface area contributed by atoms with Crippen LogP contribution in [0.3, 0.4) is 0 Å². The van der Waals surface area contributed by atoms with Crippen molar-refractivity contribution in [2.45, 2.75) is 33.8 Å². The molecule has 0 amide bonds. The van der Waals surface area contributed by atoms with E-state index in [1.807, 2.05) is 84.3 Å². The van der Waals surface area contributed by atoms with Gasteiger partial charge in [-0.05, 0) is 84.3 Å². The molecule has 6 heteroatoms. The van der Waals surface area contributed by atoms with Crippen LogP contribution in [0.1, 0.15) is 36.8 Å². The topological polar surface area (TPSA) is 52.9 Å². The second kappa shape index (κ2) is 9.88. The Balaban J connectivity index is 2.10. The minimum Gasteiger partial charge on any atom is -0.494 e. The first-order valence-corrected chi connectivity index (χ1v) is 10.7. The number of esters is 1. The van der Waals surface area contributed by atoms with E-state index < -0.39 is 0 Å². The first-order valence-electron chi connectivity index (χ1n) is 10.7. The molecule has 1 atom stereocenters. The summed E-state index contributed by atoms with van der Waals surface area (Å²) in [7, 11) is 4.03. The highest BCUT2D eigenvalue weighted by Gasteiger charge is 2.22. The first kappa shape index (κ1) is 22.7. The van der Waals surface area contributed by atoms with E-state index in [2.05, 4.69) is 9.47 Å². The van der Waals surface area contributed by atoms with Crippen LogP contribution in [-0.2, 0) is 4.74 Å². The minimum absolute atomic E-state index is 0.0211. The summed E-state index contributed by atoms with van der Waals surface area (Å²) in [4.78, 5) is 14.9. The van der Waals surface area contributed by atoms with Gasteiger partial charge in [-0.1, -0.05) is 0 Å². The Labute approximate surface area is 184 Å². The maximum Gasteiger partial charge on any atom is 0.340 e. The second-order valence-corrected chi connectivity index (χ2v) is 7.81. The smallest absolute Gasteiger partial charge is 0.340 e. The molecule has 1 unspecified atom stereocenters. The van der Waals surface area contributed by atoms with Crippen molar-refractivity contribution < 1.29 is 19.0 Å². The number of carbonyl (C=O) groups excluding carboxylic acids is 1. The third kappa shape index (κ3) is 5.02. The van der Waals surface area contributed by atoms with Crippen LogP contribution < -0.4 is 9.47 Å². The molecule has 0 radical (unpaired) electrons. The number of likely N-dealkylation sites (N-methyl/N-ethyl adjacent to an activating group) is 1. The molecular formula is C25H32N2O4. The molecule has 6 nitrogen and oxygen atoms in total. The molecule has 0 aliphatic carbocycles. The van der Waals surface area contributed by atoms with Gasteiger partial charge < -0.3 is 23.7 Å². The monoisotopic (exact) mass is 424 g/mol. The molecule has 31 heavy (non-hydrogen) atoms. The summed E-state index contributed by atoms with van der Waals surface area (Å²) >= 11 is 0. The number of hydrogen-bond donors (Lipinski definition) is 0. The SMILES string of the molecule is CCOC(=O)c1c(C)n(-c2ccc(OCC)cc2)c2ccc(OC(C)CN(C)C)cc12. The van der Waals surface area contributed by atoms with Gasteiger partial charge in [-0.2, -0.15) is 0 Å². The minimum atomic E-state index is -0.326. The number of aromatic nitrogens is 1. The Morgan fingerprint density at radius 2 is 1.71 bits per heavy atom. The van der Waals surface area contributed by atoms with Gasteiger partial charge in [0.15, 0.2) is 0 Å². The lowest BCUT2D eigenvalue weighted by Crippen LogP contribution is -2.27. The Morgan fingerprint density at radius 3 is 2.32 bits per heavy atom. The van der Waals surface area contributed by atoms with E-state index in [0.717, 1.165) is 40.3 Å². The lowest BCUT2D eigenvalue weighted by Gasteiger charge is -2.19. The molecule has 0 aliphatic rings. The Morgan fingerprint density at radius 1 is 1.03 bits per heavy atom. The fraction of sp³-hybridized carbons (Fsp3) is 0.400. The molecule has 1 heterocycles. The van der Waals surface area contributed by atoms with Crippen LogP contribution in [0.15, 0.2) is 42.5 Å². The molecule has 0 saturated heterocycles. The molecule has 0 saturated carbocycles. The van der Waals surface area contributed by atoms with Crippen molar-refractivity contribution in [3.8, 4) is 17.2 Å². The fourth-order valence-corrected chi connectivity index (χ4v) is 3.91. The maximum atomic E-state index is 12.8. The molecule has 0 aliphatic heterocycles. The number of fused-ring (bicyclic) bond motifs is 1. The van der Waals surface area contributed by atoms with Gasteiger partial charge in [-0.15, -0.1) is 0 Å². The lowest BCUT2D eigenvalue weighted by molar-refractivity contribution is 0.0527. The van der Waals surface area contributed by atoms with Crippen molar-refractivity contribution in [2.24, 2.45) is 0 Å². The summed E-state index contributed by atoms with van der Waals surface area (Å²) in [6, 6.07) is 13.8. The third-order valence-corrected chi connectivity index (χ3v) is 5.02. The van der Waals surface area contributed by atoms with Gasteiger partial charge in [0.2, 0.25) is 0 Å². The highest BCUT2D eigenvalue weighted by Crippen LogP contribution is 2.33. The summed E-state index contributed by atoms with van der Waals surface area (Å²) in [5.74, 6) is 1.22. The highest BCUT2D eigenvalue weighted by atomic mass is 16.5. The molecule has 3 aromatic rings. The van der Waals surface area contributed by atoms with E-state index in [1.165, 1.54) is 0 Å². The van der Waals surface area contributed by atoms with Crippen LogP contribution in [0.5, 0.6) is 11.5 Å². The summed E-state index contributed by atoms with van der Waals surface area (Å²) < 4.78 is 19.1. The van der Waals surface area contributed by atoms with Crippen molar-refractivity contribution in [3.63, 3.8) is 0 Å². The zero-order valence-corrected chi connectivity index (χ0v) is 19.3. The highest BCUT2D eigenvalue weighted by molar-refractivity contribution is 6.07. The van der Waals surface area contributed by atoms with Gasteiger partial charge in [0.1, 0.15) is 17.6 Å². The molecule has 0 bridgehead atoms. The van der Waals surface area contributed by atoms with Crippen LogP contribution in [0.2, 0.25) is 0 Å². The van der Waals surface area contributed by atoms with Crippen LogP contribution in [-0.4, -0.2) is 55.4 Å². The molecule has 0 N–H and O–H groups in total. The molecule has 3 rings (SSSR count). The molecule has 166 valence electrons. The molecule has 2 aromatic carbocycles. The van der Waals surface area contributed by atoms with Gasteiger partial charge in [0.05, 0.1) is 24.3 Å². The third-order valence-electron chi connectivity index (χ3n) is 5.02. The van der Waals surface area contributed by atoms with Crippen molar-refractivity contribution in [1.82, 2.24) is 9.47 Å². The Kier molecular flexibility index (Phi) is 7.23. The predicted molar refractivity (Wildman–Crippen MR) is 124 cm³/mol. The molecule has 0 fully saturated rings. The second-order valence-electron chi connectivity index (χ2n) is 7.81. The number of ether oxygens (including phenoxy) is 3. The zero-order valence-electron chi connectivity index (χ0n) is 19.3. The quantitative estimate of drug-likeness (QED) is 0.460. The average molecular weight is 425 g/mol. The number of benzene rings is 2. The fourth-order valence-electron chi connectivity index (χ4n) is 3.91. The number of hydrogen-bond acceptors (Lipinski definition) is 5. The largest absolute Gasteiger partial charge is 0.494 e. The summed E-state index contributed by atoms with van der Waals surface area (Å²) in [6.07, 6.45) is 0.0211. The van der Waals surface area contributed by atoms with Gasteiger partial charge >= 0.3 is 5.97 Å². The van der Waals surface area contributed by atoms with Crippen LogP contribution >= 0.6 is 0 Å². The molecule has 1 aromatic heterocycles. The summed E-state index contributed by atoms with van der Waals surface area (Å²) in [5.41, 5.74) is 3.28. The zero-order chi connectivity index (χ0) is 22.5. The van der Waals surface area contributed by atoms with Crippen molar-refractivity contribution >= 4 is 16.9 Å². The standard InChI is InChI=1S/C25H32N2O4/c1-7-29-20-11-9-19(10-12-20)27-18(4)24(25(28)30-8-2)22-15-21(13-14-23(22)27)31-17(3)16-26(5)6/h9-15,17H,7-8,16H2,1-6H3. The van der Waals surface area contributed by atoms with Crippen molar-refractivity contribution in [3.05, 3.63) is 53.7 Å². The van der Waals surface area contributed by atoms with E-state index in [4.69, 9.17) is 14.2 Å². The van der Waals surface area contributed by atoms with Crippen LogP contribution in [0, 0.1) is 6.92 Å². The summed E-state index contributed by atoms with van der Waals surface area (Å²) in [6.45, 7) is 9.50. The van der Waals surface area contributed by atoms with E-state index in [-0.39, 0.29) is 12.1 Å². The Bertz CT molecular complexity index is 1040. The van der Waals surface area contributed by atoms with E-state index >= 15 is 0 Å². The molecule has 0 spiro atoms. The predicted octanol–water partition coefficient (Wildman–Crippen LogP) is 4.84. The number of rotatable bonds is 9. The van der Waals surface area contributed by atoms with E-state index in [1.54, 1.807) is 0 Å². The average Bonchev–Trinajstić information content (AvgIpc) is 2.99. The maximum absolute atomic E-state index is 12.8. The van der Waals surface area contributed by atoms with Gasteiger partial charge in [-0.25, -0.2) is 4.79 Å². The van der Waals surface area contributed by atoms with E-state index in [9.17, 15) is 4.79 Å². The van der Waals surface area contributed by atoms with Crippen molar-refractivity contribution in [2.75, 3.05) is 33.9 Å². The normalized spacial score (nSPS) is 12.2. The first-order chi connectivity index (χ1) is 14.8. The van der Waals surface area contributed by atoms with Gasteiger partial charge in [-0.3, -0.25) is 0 Å². The lowest BCUT2D eigenvalue weighted by atomic mass is 10.1. The van der Waals surface area contributed by atoms with Gasteiger partial charge in [0, 0.05) is 23.3 Å². The van der Waals surface area contributed by atoms with Crippen LogP contribution in [0.4, 0.5) is 0 Å². The molecular weight excluding hydrogens is 392 g/mol. The number of nitrogens with zero attached hydrogens (tertiary/aromatic N) is 2. The summed E-state index contributed by atoms with van der Waals surface area (Å²) in [5, 5.41) is 0.819. The van der Waals surface area contributed by atoms with Crippen LogP contribution in [0.25, 0.3) is 16.6 Å².